The molecule has 14 heteroatoms. The van der Waals surface area contributed by atoms with Gasteiger partial charge in [0, 0.05) is 66.6 Å². The first-order valence-electron chi connectivity index (χ1n) is 23.0. The minimum Gasteiger partial charge on any atom is -0.508 e. The fourth-order valence-electron chi connectivity index (χ4n) is 9.49. The number of aliphatic carboxylic acids is 1. The number of nitrogens with one attached hydrogen (secondary N) is 3. The summed E-state index contributed by atoms with van der Waals surface area (Å²) in [6, 6.07) is 30.0. The number of unbranched alkanes of at least 4 members (excludes halogenated alkanes) is 2. The van der Waals surface area contributed by atoms with Gasteiger partial charge in [0.1, 0.15) is 34.6 Å². The molecule has 0 bridgehead atoms. The van der Waals surface area contributed by atoms with Crippen LogP contribution in [0.15, 0.2) is 109 Å². The van der Waals surface area contributed by atoms with Gasteiger partial charge in [0.2, 0.25) is 5.91 Å². The molecule has 0 saturated heterocycles. The van der Waals surface area contributed by atoms with Crippen molar-refractivity contribution in [1.29, 1.82) is 0 Å². The molecule has 1 unspecified atom stereocenters. The third-order valence-electron chi connectivity index (χ3n) is 12.8. The summed E-state index contributed by atoms with van der Waals surface area (Å²) in [5, 5.41) is 39.5. The summed E-state index contributed by atoms with van der Waals surface area (Å²) in [5.74, 6) is -0.0511. The molecule has 68 heavy (non-hydrogen) atoms. The minimum absolute atomic E-state index is 0.0160. The Hall–Kier alpha value is -7.87. The molecule has 9 rings (SSSR count). The van der Waals surface area contributed by atoms with E-state index in [4.69, 9.17) is 14.2 Å². The molecule has 6 aromatic rings. The predicted octanol–water partition coefficient (Wildman–Crippen LogP) is 8.56. The van der Waals surface area contributed by atoms with E-state index < -0.39 is 17.5 Å². The Labute approximate surface area is 393 Å². The van der Waals surface area contributed by atoms with Crippen LogP contribution in [0.1, 0.15) is 115 Å². The Morgan fingerprint density at radius 1 is 0.779 bits per heavy atom. The quantitative estimate of drug-likeness (QED) is 0.0376. The van der Waals surface area contributed by atoms with Crippen LogP contribution in [0.25, 0.3) is 0 Å². The zero-order valence-corrected chi connectivity index (χ0v) is 37.6. The van der Waals surface area contributed by atoms with Crippen LogP contribution in [-0.4, -0.2) is 63.8 Å². The van der Waals surface area contributed by atoms with Crippen LogP contribution in [0.2, 0.25) is 0 Å². The molecule has 2 aliphatic heterocycles. The molecule has 1 aliphatic carbocycles. The summed E-state index contributed by atoms with van der Waals surface area (Å²) in [6.07, 6.45) is 6.11. The van der Waals surface area contributed by atoms with E-state index in [1.54, 1.807) is 30.5 Å². The molecule has 0 radical (unpaired) electrons. The highest BCUT2D eigenvalue weighted by Crippen LogP contribution is 2.57. The van der Waals surface area contributed by atoms with E-state index in [0.717, 1.165) is 57.9 Å². The van der Waals surface area contributed by atoms with Crippen LogP contribution in [0, 0.1) is 6.92 Å². The van der Waals surface area contributed by atoms with Crippen molar-refractivity contribution >= 4 is 29.6 Å². The average Bonchev–Trinajstić information content (AvgIpc) is 3.50. The van der Waals surface area contributed by atoms with E-state index in [9.17, 15) is 34.5 Å². The monoisotopic (exact) mass is 916 g/mol. The van der Waals surface area contributed by atoms with Gasteiger partial charge in [-0.3, -0.25) is 14.4 Å². The van der Waals surface area contributed by atoms with Crippen molar-refractivity contribution in [2.24, 2.45) is 0 Å². The molecule has 1 aromatic heterocycles. The number of amides is 2. The third-order valence-corrected chi connectivity index (χ3v) is 12.8. The number of phenols is 2. The van der Waals surface area contributed by atoms with Crippen molar-refractivity contribution in [1.82, 2.24) is 15.6 Å². The molecule has 2 amide bonds. The summed E-state index contributed by atoms with van der Waals surface area (Å²) in [6.45, 7) is 3.99. The van der Waals surface area contributed by atoms with Crippen molar-refractivity contribution in [3.8, 4) is 28.7 Å². The van der Waals surface area contributed by atoms with Crippen molar-refractivity contribution in [2.45, 2.75) is 76.4 Å². The van der Waals surface area contributed by atoms with Crippen LogP contribution in [-0.2, 0) is 39.3 Å². The van der Waals surface area contributed by atoms with Crippen LogP contribution in [0.4, 0.5) is 5.82 Å². The summed E-state index contributed by atoms with van der Waals surface area (Å²) < 4.78 is 18.3. The number of rotatable bonds is 17. The molecule has 0 fully saturated rings. The second kappa shape index (κ2) is 19.5. The number of nitrogens with zero attached hydrogens (tertiary/aromatic N) is 1. The van der Waals surface area contributed by atoms with E-state index in [1.165, 1.54) is 30.3 Å². The van der Waals surface area contributed by atoms with Crippen LogP contribution in [0.5, 0.6) is 28.7 Å². The lowest BCUT2D eigenvalue weighted by Gasteiger charge is -2.36. The summed E-state index contributed by atoms with van der Waals surface area (Å²) >= 11 is 0. The topological polar surface area (TPSA) is 206 Å². The summed E-state index contributed by atoms with van der Waals surface area (Å²) in [5.41, 5.74) is 6.90. The van der Waals surface area contributed by atoms with Gasteiger partial charge in [0.25, 0.3) is 5.91 Å². The van der Waals surface area contributed by atoms with Gasteiger partial charge in [0.15, 0.2) is 5.60 Å². The molecule has 3 aliphatic rings. The number of ether oxygens (including phenoxy) is 3. The number of carboxylic acid groups (broad SMARTS) is 1. The number of carboxylic acids is 1. The first-order chi connectivity index (χ1) is 32.9. The van der Waals surface area contributed by atoms with Crippen molar-refractivity contribution < 1.29 is 48.7 Å². The average molecular weight is 917 g/mol. The number of hydrogen-bond donors (Lipinski definition) is 6. The number of hydrogen-bond acceptors (Lipinski definition) is 11. The van der Waals surface area contributed by atoms with Gasteiger partial charge < -0.3 is 45.5 Å². The van der Waals surface area contributed by atoms with Gasteiger partial charge in [-0.25, -0.2) is 9.78 Å². The highest BCUT2D eigenvalue weighted by molar-refractivity contribution is 6.01. The minimum atomic E-state index is -1.42. The van der Waals surface area contributed by atoms with E-state index in [-0.39, 0.29) is 58.3 Å². The number of aromatic nitrogens is 1. The van der Waals surface area contributed by atoms with Crippen molar-refractivity contribution in [3.63, 3.8) is 0 Å². The maximum atomic E-state index is 13.5. The lowest BCUT2D eigenvalue weighted by Crippen LogP contribution is -2.33. The highest BCUT2D eigenvalue weighted by Gasteiger charge is 2.53. The number of aryl methyl sites for hydroxylation is 1. The van der Waals surface area contributed by atoms with E-state index in [2.05, 4.69) is 33.1 Å². The smallest absolute Gasteiger partial charge is 0.340 e. The first kappa shape index (κ1) is 45.3. The predicted molar refractivity (Wildman–Crippen MR) is 253 cm³/mol. The standard InChI is InChI=1S/C54H52N4O10/c1-32-17-20-56-49(22-32)55-19-5-21-66-41-12-8-34-24-38(28-51(62)63)42-13-7-33(23-37(42)25-36(34)26-41)31-58-50(61)6-3-2-4-18-57-52(64)35-9-14-44-43(27-35)53(65)68-54(44)45-15-10-39(59)29-47(45)67-48-30-40(60)11-16-46(48)54/h7-17,20,22-23,26-27,29-30,38,59-60H,2-6,18-19,21,24-25,28,31H2,1H3,(H,55,56)(H,57,64)(H,58,61)(H,62,63). The van der Waals surface area contributed by atoms with Gasteiger partial charge >= 0.3 is 11.9 Å². The van der Waals surface area contributed by atoms with Crippen LogP contribution >= 0.6 is 0 Å². The summed E-state index contributed by atoms with van der Waals surface area (Å²) in [4.78, 5) is 56.0. The van der Waals surface area contributed by atoms with E-state index in [0.29, 0.717) is 74.9 Å². The highest BCUT2D eigenvalue weighted by atomic mass is 16.6. The molecule has 14 nitrogen and oxygen atoms in total. The lowest BCUT2D eigenvalue weighted by molar-refractivity contribution is -0.137. The van der Waals surface area contributed by atoms with Crippen molar-refractivity contribution in [3.05, 3.63) is 171 Å². The zero-order valence-electron chi connectivity index (χ0n) is 37.6. The fraction of sp³-hybridized carbons (Fsp3) is 0.278. The second-order valence-corrected chi connectivity index (χ2v) is 17.6. The number of fused-ring (bicyclic) bond motifs is 8. The van der Waals surface area contributed by atoms with Crippen LogP contribution < -0.4 is 25.4 Å². The number of esters is 1. The molecular weight excluding hydrogens is 865 g/mol. The molecule has 0 saturated carbocycles. The van der Waals surface area contributed by atoms with Gasteiger partial charge in [0.05, 0.1) is 18.6 Å². The number of aromatic hydroxyl groups is 2. The second-order valence-electron chi connectivity index (χ2n) is 17.6. The van der Waals surface area contributed by atoms with Crippen LogP contribution in [0.3, 0.4) is 0 Å². The van der Waals surface area contributed by atoms with Gasteiger partial charge in [-0.15, -0.1) is 0 Å². The molecule has 1 spiro atoms. The molecule has 1 atom stereocenters. The van der Waals surface area contributed by atoms with Gasteiger partial charge in [-0.1, -0.05) is 36.8 Å². The zero-order chi connectivity index (χ0) is 47.4. The Kier molecular flexibility index (Phi) is 13.0. The Morgan fingerprint density at radius 3 is 2.32 bits per heavy atom. The molecule has 5 aromatic carbocycles. The normalized spacial score (nSPS) is 14.7. The number of pyridine rings is 1. The van der Waals surface area contributed by atoms with Crippen molar-refractivity contribution in [2.75, 3.05) is 25.0 Å². The SMILES string of the molecule is Cc1ccnc(NCCCOc2ccc3c(c2)Cc2cc(CNC(=O)CCCCCNC(=O)c4ccc5c(c4)C(=O)OC54c5ccc(O)cc5Oc5cc(O)ccc54)ccc2C(CC(=O)O)C3)c1. The fourth-order valence-corrected chi connectivity index (χ4v) is 9.49. The number of anilines is 1. The molecule has 3 heterocycles. The van der Waals surface area contributed by atoms with E-state index in [1.807, 2.05) is 43.3 Å². The summed E-state index contributed by atoms with van der Waals surface area (Å²) in [7, 11) is 0. The Bertz CT molecular complexity index is 2880. The van der Waals surface area contributed by atoms with Gasteiger partial charge in [-0.2, -0.15) is 0 Å². The number of benzene rings is 5. The maximum absolute atomic E-state index is 13.5. The first-order valence-corrected chi connectivity index (χ1v) is 23.0. The Balaban J connectivity index is 0.750. The Morgan fingerprint density at radius 2 is 1.56 bits per heavy atom. The number of carbonyl (C=O) groups excluding carboxylic acids is 3. The number of carbonyl (C=O) groups is 4. The largest absolute Gasteiger partial charge is 0.508 e. The number of phenolic OH excluding ortho intramolecular Hbond substituents is 2. The molecular formula is C54H52N4O10. The maximum Gasteiger partial charge on any atom is 0.340 e. The third kappa shape index (κ3) is 9.66. The lowest BCUT2D eigenvalue weighted by atomic mass is 9.77. The molecule has 348 valence electrons. The molecule has 6 N–H and O–H groups in total. The van der Waals surface area contributed by atoms with Gasteiger partial charge in [-0.05, 0) is 139 Å². The van der Waals surface area contributed by atoms with E-state index >= 15 is 0 Å².